The number of aliphatic imine (C=N–C) groups is 2. The number of nitrogens with two attached hydrogens (primary N) is 5. The molecule has 4 amide bonds. The van der Waals surface area contributed by atoms with Gasteiger partial charge in [-0.1, -0.05) is 44.5 Å². The second kappa shape index (κ2) is 22.7. The van der Waals surface area contributed by atoms with E-state index in [4.69, 9.17) is 34.1 Å². The fourth-order valence-electron chi connectivity index (χ4n) is 4.65. The molecule has 0 saturated heterocycles. The topological polar surface area (TPSA) is 295 Å². The molecule has 16 heteroatoms. The third-order valence-electron chi connectivity index (χ3n) is 7.38. The van der Waals surface area contributed by atoms with Gasteiger partial charge in [-0.05, 0) is 69.0 Å². The largest absolute Gasteiger partial charge is 0.370 e. The SMILES string of the molecule is CC(=N)c1ccc(CNC(=O)[C@H](CCCN=C(N)N)NC(=O)C(NC(=O)[C@H](CCCN=C(N)N)NC(=O)CCCCCN)C(C)C)cc1. The molecular weight excluding hydrogens is 616 g/mol. The van der Waals surface area contributed by atoms with Gasteiger partial charge in [0.2, 0.25) is 23.6 Å². The Hall–Kier alpha value is -4.73. The lowest BCUT2D eigenvalue weighted by Crippen LogP contribution is -2.58. The molecule has 1 aromatic rings. The molecule has 0 saturated carbocycles. The number of nitrogens with one attached hydrogen (secondary N) is 5. The molecular formula is C32H56N12O4. The van der Waals surface area contributed by atoms with Gasteiger partial charge in [-0.25, -0.2) is 0 Å². The summed E-state index contributed by atoms with van der Waals surface area (Å²) in [5.41, 5.74) is 29.2. The van der Waals surface area contributed by atoms with Crippen molar-refractivity contribution in [2.75, 3.05) is 19.6 Å². The Balaban J connectivity index is 3.05. The molecule has 1 aromatic carbocycles. The molecule has 268 valence electrons. The van der Waals surface area contributed by atoms with Gasteiger partial charge < -0.3 is 55.3 Å². The zero-order valence-corrected chi connectivity index (χ0v) is 28.5. The predicted octanol–water partition coefficient (Wildman–Crippen LogP) is -0.573. The number of carbonyl (C=O) groups is 4. The molecule has 0 radical (unpaired) electrons. The monoisotopic (exact) mass is 672 g/mol. The second-order valence-corrected chi connectivity index (χ2v) is 11.9. The maximum Gasteiger partial charge on any atom is 0.243 e. The van der Waals surface area contributed by atoms with Crippen LogP contribution in [0.3, 0.4) is 0 Å². The van der Waals surface area contributed by atoms with E-state index in [0.717, 1.165) is 24.0 Å². The summed E-state index contributed by atoms with van der Waals surface area (Å²) < 4.78 is 0. The third-order valence-corrected chi connectivity index (χ3v) is 7.38. The summed E-state index contributed by atoms with van der Waals surface area (Å²) in [5.74, 6) is -2.33. The van der Waals surface area contributed by atoms with Crippen LogP contribution in [0.1, 0.15) is 83.3 Å². The molecule has 15 N–H and O–H groups in total. The summed E-state index contributed by atoms with van der Waals surface area (Å²) in [6.45, 7) is 6.48. The minimum atomic E-state index is -1.01. The number of nitrogens with zero attached hydrogens (tertiary/aromatic N) is 2. The van der Waals surface area contributed by atoms with E-state index in [-0.39, 0.29) is 62.6 Å². The number of hydrogen-bond donors (Lipinski definition) is 10. The first-order valence-corrected chi connectivity index (χ1v) is 16.4. The number of unbranched alkanes of at least 4 members (excludes halogenated alkanes) is 2. The molecule has 3 atom stereocenters. The summed E-state index contributed by atoms with van der Waals surface area (Å²) in [6, 6.07) is 4.34. The molecule has 0 aliphatic carbocycles. The highest BCUT2D eigenvalue weighted by Crippen LogP contribution is 2.10. The lowest BCUT2D eigenvalue weighted by Gasteiger charge is -2.27. The van der Waals surface area contributed by atoms with E-state index in [9.17, 15) is 19.2 Å². The first-order chi connectivity index (χ1) is 22.7. The van der Waals surface area contributed by atoms with Crippen molar-refractivity contribution in [2.24, 2.45) is 44.6 Å². The molecule has 1 rings (SSSR count). The first-order valence-electron chi connectivity index (χ1n) is 16.4. The van der Waals surface area contributed by atoms with Crippen LogP contribution < -0.4 is 49.9 Å². The van der Waals surface area contributed by atoms with Crippen LogP contribution in [0.5, 0.6) is 0 Å². The van der Waals surface area contributed by atoms with Crippen molar-refractivity contribution in [2.45, 2.75) is 96.8 Å². The summed E-state index contributed by atoms with van der Waals surface area (Å²) in [7, 11) is 0. The number of carbonyl (C=O) groups excluding carboxylic acids is 4. The van der Waals surface area contributed by atoms with Crippen LogP contribution in [0.25, 0.3) is 0 Å². The lowest BCUT2D eigenvalue weighted by molar-refractivity contribution is -0.134. The van der Waals surface area contributed by atoms with Gasteiger partial charge in [-0.2, -0.15) is 0 Å². The van der Waals surface area contributed by atoms with Crippen LogP contribution in [-0.2, 0) is 25.7 Å². The van der Waals surface area contributed by atoms with Crippen molar-refractivity contribution >= 4 is 41.3 Å². The maximum absolute atomic E-state index is 13.6. The molecule has 0 heterocycles. The van der Waals surface area contributed by atoms with Crippen LogP contribution in [0.4, 0.5) is 0 Å². The van der Waals surface area contributed by atoms with Crippen molar-refractivity contribution in [1.82, 2.24) is 21.3 Å². The number of benzene rings is 1. The number of guanidine groups is 2. The molecule has 1 unspecified atom stereocenters. The molecule has 0 aliphatic rings. The van der Waals surface area contributed by atoms with Crippen molar-refractivity contribution in [3.8, 4) is 0 Å². The van der Waals surface area contributed by atoms with Crippen molar-refractivity contribution in [1.29, 1.82) is 5.41 Å². The van der Waals surface area contributed by atoms with Gasteiger partial charge >= 0.3 is 0 Å². The smallest absolute Gasteiger partial charge is 0.243 e. The molecule has 16 nitrogen and oxygen atoms in total. The standard InChI is InChI=1S/C32H56N12O4/c1-20(2)27(44-29(47)25(10-8-18-40-32(37)38)42-26(45)11-5-4-6-16-33)30(48)43-24(9-7-17-39-31(35)36)28(46)41-19-22-12-14-23(15-13-22)21(3)34/h12-15,20,24-25,27,34H,4-11,16-19,33H2,1-3H3,(H,41,46)(H,42,45)(H,43,48)(H,44,47)(H4,35,36,39)(H4,37,38,40)/t24-,25-,27?/m0/s1. The number of amides is 4. The van der Waals surface area contributed by atoms with E-state index in [1.54, 1.807) is 32.9 Å². The molecule has 48 heavy (non-hydrogen) atoms. The van der Waals surface area contributed by atoms with E-state index in [2.05, 4.69) is 31.3 Å². The summed E-state index contributed by atoms with van der Waals surface area (Å²) in [6.07, 6.45) is 3.72. The van der Waals surface area contributed by atoms with Crippen molar-refractivity contribution in [3.05, 3.63) is 35.4 Å². The normalized spacial score (nSPS) is 12.6. The Labute approximate surface area is 283 Å². The fourth-order valence-corrected chi connectivity index (χ4v) is 4.65. The van der Waals surface area contributed by atoms with Crippen LogP contribution >= 0.6 is 0 Å². The predicted molar refractivity (Wildman–Crippen MR) is 189 cm³/mol. The third kappa shape index (κ3) is 17.3. The Morgan fingerprint density at radius 1 is 0.750 bits per heavy atom. The minimum absolute atomic E-state index is 0.0795. The Bertz CT molecular complexity index is 1240. The highest BCUT2D eigenvalue weighted by molar-refractivity contribution is 5.96. The number of hydrogen-bond acceptors (Lipinski definition) is 8. The van der Waals surface area contributed by atoms with Crippen molar-refractivity contribution < 1.29 is 19.2 Å². The minimum Gasteiger partial charge on any atom is -0.370 e. The molecule has 0 aromatic heterocycles. The zero-order chi connectivity index (χ0) is 36.1. The van der Waals surface area contributed by atoms with E-state index < -0.39 is 35.8 Å². The van der Waals surface area contributed by atoms with E-state index >= 15 is 0 Å². The maximum atomic E-state index is 13.6. The van der Waals surface area contributed by atoms with Gasteiger partial charge in [0.25, 0.3) is 0 Å². The average molecular weight is 673 g/mol. The van der Waals surface area contributed by atoms with Crippen molar-refractivity contribution in [3.63, 3.8) is 0 Å². The quantitative estimate of drug-likeness (QED) is 0.0404. The highest BCUT2D eigenvalue weighted by Gasteiger charge is 2.31. The van der Waals surface area contributed by atoms with Crippen LogP contribution in [0, 0.1) is 11.3 Å². The van der Waals surface area contributed by atoms with Crippen LogP contribution in [0.15, 0.2) is 34.3 Å². The van der Waals surface area contributed by atoms with Gasteiger partial charge in [-0.15, -0.1) is 0 Å². The lowest BCUT2D eigenvalue weighted by atomic mass is 10.0. The molecule has 0 fully saturated rings. The van der Waals surface area contributed by atoms with Gasteiger partial charge in [0.15, 0.2) is 11.9 Å². The van der Waals surface area contributed by atoms with E-state index in [1.807, 2.05) is 12.1 Å². The van der Waals surface area contributed by atoms with Gasteiger partial charge in [-0.3, -0.25) is 29.2 Å². The summed E-state index contributed by atoms with van der Waals surface area (Å²) >= 11 is 0. The van der Waals surface area contributed by atoms with Crippen LogP contribution in [0.2, 0.25) is 0 Å². The Morgan fingerprint density at radius 2 is 1.31 bits per heavy atom. The van der Waals surface area contributed by atoms with E-state index in [1.165, 1.54) is 0 Å². The molecule has 0 spiro atoms. The highest BCUT2D eigenvalue weighted by atomic mass is 16.2. The zero-order valence-electron chi connectivity index (χ0n) is 28.5. The van der Waals surface area contributed by atoms with E-state index in [0.29, 0.717) is 31.5 Å². The number of rotatable bonds is 23. The fraction of sp³-hybridized carbons (Fsp3) is 0.594. The second-order valence-electron chi connectivity index (χ2n) is 11.9. The summed E-state index contributed by atoms with van der Waals surface area (Å²) in [4.78, 5) is 61.0. The summed E-state index contributed by atoms with van der Waals surface area (Å²) in [5, 5.41) is 18.9. The molecule has 0 bridgehead atoms. The van der Waals surface area contributed by atoms with Gasteiger partial charge in [0.05, 0.1) is 0 Å². The first kappa shape index (κ1) is 41.3. The van der Waals surface area contributed by atoms with Crippen LogP contribution in [-0.4, -0.2) is 79.0 Å². The Kier molecular flexibility index (Phi) is 19.6. The Morgan fingerprint density at radius 3 is 1.81 bits per heavy atom. The van der Waals surface area contributed by atoms with Gasteiger partial charge in [0.1, 0.15) is 18.1 Å². The van der Waals surface area contributed by atoms with Gasteiger partial charge in [0, 0.05) is 31.8 Å². The average Bonchev–Trinajstić information content (AvgIpc) is 3.03. The molecule has 0 aliphatic heterocycles.